The molecule has 1 amide bonds. The van der Waals surface area contributed by atoms with Crippen LogP contribution in [0.25, 0.3) is 0 Å². The zero-order valence-electron chi connectivity index (χ0n) is 12.3. The average molecular weight is 333 g/mol. The molecule has 0 radical (unpaired) electrons. The van der Waals surface area contributed by atoms with Crippen molar-refractivity contribution in [2.45, 2.75) is 31.1 Å². The number of rotatable bonds is 5. The second-order valence-electron chi connectivity index (χ2n) is 6.00. The largest absolute Gasteiger partial charge is 0.476 e. The van der Waals surface area contributed by atoms with Crippen LogP contribution in [0.3, 0.4) is 0 Å². The molecule has 2 fully saturated rings. The van der Waals surface area contributed by atoms with Crippen LogP contribution in [0.5, 0.6) is 0 Å². The zero-order chi connectivity index (χ0) is 16.0. The number of oxazole rings is 1. The first-order valence-corrected chi connectivity index (χ1v) is 8.39. The molecule has 23 heavy (non-hydrogen) atoms. The molecule has 120 valence electrons. The number of hydrogen-bond acceptors (Lipinski definition) is 6. The summed E-state index contributed by atoms with van der Waals surface area (Å²) in [6, 6.07) is 0. The van der Waals surface area contributed by atoms with Gasteiger partial charge >= 0.3 is 5.97 Å². The highest BCUT2D eigenvalue weighted by atomic mass is 32.1. The van der Waals surface area contributed by atoms with E-state index in [-0.39, 0.29) is 17.5 Å². The van der Waals surface area contributed by atoms with Gasteiger partial charge in [0.2, 0.25) is 11.8 Å². The Hall–Kier alpha value is -2.22. The molecule has 0 bridgehead atoms. The van der Waals surface area contributed by atoms with Crippen LogP contribution in [-0.2, 0) is 11.2 Å². The van der Waals surface area contributed by atoms with Gasteiger partial charge in [-0.1, -0.05) is 0 Å². The standard InChI is InChI=1S/C15H15N3O4S/c19-12(3-10-7-23-14(16-10)8-1-2-8)18-4-9(5-18)13-17-11(6-22-13)15(20)21/h6-9H,1-5H2,(H,20,21). The van der Waals surface area contributed by atoms with Crippen molar-refractivity contribution in [3.8, 4) is 0 Å². The summed E-state index contributed by atoms with van der Waals surface area (Å²) >= 11 is 1.64. The Bertz CT molecular complexity index is 758. The molecule has 1 aliphatic carbocycles. The molecule has 0 spiro atoms. The first kappa shape index (κ1) is 14.4. The molecular formula is C15H15N3O4S. The summed E-state index contributed by atoms with van der Waals surface area (Å²) in [5, 5.41) is 11.9. The second-order valence-corrected chi connectivity index (χ2v) is 6.89. The van der Waals surface area contributed by atoms with Crippen LogP contribution < -0.4 is 0 Å². The number of carboxylic acids is 1. The van der Waals surface area contributed by atoms with E-state index in [0.29, 0.717) is 31.3 Å². The van der Waals surface area contributed by atoms with Gasteiger partial charge in [0.05, 0.1) is 23.0 Å². The van der Waals surface area contributed by atoms with Crippen LogP contribution in [0.1, 0.15) is 51.8 Å². The van der Waals surface area contributed by atoms with Crippen molar-refractivity contribution in [1.82, 2.24) is 14.9 Å². The number of aromatic nitrogens is 2. The van der Waals surface area contributed by atoms with E-state index < -0.39 is 5.97 Å². The van der Waals surface area contributed by atoms with Crippen molar-refractivity contribution in [3.63, 3.8) is 0 Å². The molecule has 1 aliphatic heterocycles. The lowest BCUT2D eigenvalue weighted by atomic mass is 9.99. The van der Waals surface area contributed by atoms with Crippen molar-refractivity contribution in [3.05, 3.63) is 33.9 Å². The van der Waals surface area contributed by atoms with Crippen LogP contribution in [0.2, 0.25) is 0 Å². The summed E-state index contributed by atoms with van der Waals surface area (Å²) in [5.41, 5.74) is 0.745. The number of aromatic carboxylic acids is 1. The first-order valence-electron chi connectivity index (χ1n) is 7.51. The van der Waals surface area contributed by atoms with Gasteiger partial charge in [-0.3, -0.25) is 4.79 Å². The number of carbonyl (C=O) groups excluding carboxylic acids is 1. The molecule has 2 aromatic rings. The lowest BCUT2D eigenvalue weighted by Crippen LogP contribution is -2.49. The number of carboxylic acid groups (broad SMARTS) is 1. The zero-order valence-corrected chi connectivity index (χ0v) is 13.1. The summed E-state index contributed by atoms with van der Waals surface area (Å²) in [5.74, 6) is -0.0903. The maximum atomic E-state index is 12.2. The molecule has 0 aromatic carbocycles. The molecule has 3 heterocycles. The lowest BCUT2D eigenvalue weighted by molar-refractivity contribution is -0.135. The van der Waals surface area contributed by atoms with Gasteiger partial charge in [-0.25, -0.2) is 14.8 Å². The van der Waals surface area contributed by atoms with E-state index in [1.807, 2.05) is 5.38 Å². The second kappa shape index (κ2) is 5.45. The third-order valence-corrected chi connectivity index (χ3v) is 5.21. The molecule has 4 rings (SSSR count). The fourth-order valence-corrected chi connectivity index (χ4v) is 3.59. The molecule has 0 atom stereocenters. The summed E-state index contributed by atoms with van der Waals surface area (Å²) in [4.78, 5) is 33.2. The van der Waals surface area contributed by atoms with Crippen molar-refractivity contribution in [2.75, 3.05) is 13.1 Å². The smallest absolute Gasteiger partial charge is 0.357 e. The first-order chi connectivity index (χ1) is 11.1. The molecule has 7 nitrogen and oxygen atoms in total. The maximum absolute atomic E-state index is 12.2. The topological polar surface area (TPSA) is 96.5 Å². The minimum atomic E-state index is -1.11. The van der Waals surface area contributed by atoms with E-state index in [1.165, 1.54) is 12.8 Å². The molecule has 2 aromatic heterocycles. The number of hydrogen-bond donors (Lipinski definition) is 1. The Morgan fingerprint density at radius 2 is 2.09 bits per heavy atom. The van der Waals surface area contributed by atoms with E-state index >= 15 is 0 Å². The fourth-order valence-electron chi connectivity index (χ4n) is 2.60. The highest BCUT2D eigenvalue weighted by Crippen LogP contribution is 2.41. The minimum Gasteiger partial charge on any atom is -0.476 e. The van der Waals surface area contributed by atoms with Gasteiger partial charge in [-0.2, -0.15) is 0 Å². The Balaban J connectivity index is 1.31. The van der Waals surface area contributed by atoms with E-state index in [9.17, 15) is 9.59 Å². The van der Waals surface area contributed by atoms with Crippen LogP contribution in [0, 0.1) is 0 Å². The summed E-state index contributed by atoms with van der Waals surface area (Å²) in [6.07, 6.45) is 3.88. The third-order valence-electron chi connectivity index (χ3n) is 4.15. The van der Waals surface area contributed by atoms with Gasteiger partial charge < -0.3 is 14.4 Å². The fraction of sp³-hybridized carbons (Fsp3) is 0.467. The van der Waals surface area contributed by atoms with Crippen molar-refractivity contribution in [2.24, 2.45) is 0 Å². The van der Waals surface area contributed by atoms with E-state index in [0.717, 1.165) is 17.0 Å². The molecule has 1 N–H and O–H groups in total. The third kappa shape index (κ3) is 2.86. The average Bonchev–Trinajstić information content (AvgIpc) is 3.01. The van der Waals surface area contributed by atoms with Crippen molar-refractivity contribution < 1.29 is 19.1 Å². The summed E-state index contributed by atoms with van der Waals surface area (Å²) in [7, 11) is 0. The van der Waals surface area contributed by atoms with Gasteiger partial charge in [-0.15, -0.1) is 11.3 Å². The summed E-state index contributed by atoms with van der Waals surface area (Å²) in [6.45, 7) is 1.02. The predicted octanol–water partition coefficient (Wildman–Crippen LogP) is 1.88. The van der Waals surface area contributed by atoms with E-state index in [2.05, 4.69) is 9.97 Å². The molecule has 0 unspecified atom stereocenters. The minimum absolute atomic E-state index is 0.0236. The van der Waals surface area contributed by atoms with Gasteiger partial charge in [0, 0.05) is 24.4 Å². The highest BCUT2D eigenvalue weighted by Gasteiger charge is 2.35. The number of thiazole rings is 1. The number of likely N-dealkylation sites (tertiary alicyclic amines) is 1. The van der Waals surface area contributed by atoms with Crippen LogP contribution in [0.4, 0.5) is 0 Å². The predicted molar refractivity (Wildman–Crippen MR) is 80.6 cm³/mol. The highest BCUT2D eigenvalue weighted by molar-refractivity contribution is 7.09. The Morgan fingerprint density at radius 1 is 1.30 bits per heavy atom. The van der Waals surface area contributed by atoms with E-state index in [1.54, 1.807) is 16.2 Å². The van der Waals surface area contributed by atoms with Gasteiger partial charge in [0.1, 0.15) is 6.26 Å². The van der Waals surface area contributed by atoms with Crippen molar-refractivity contribution >= 4 is 23.2 Å². The summed E-state index contributed by atoms with van der Waals surface area (Å²) < 4.78 is 5.17. The van der Waals surface area contributed by atoms with Gasteiger partial charge in [0.15, 0.2) is 5.69 Å². The normalized spacial score (nSPS) is 18.0. The van der Waals surface area contributed by atoms with Crippen LogP contribution in [0.15, 0.2) is 16.1 Å². The van der Waals surface area contributed by atoms with Gasteiger partial charge in [-0.05, 0) is 12.8 Å². The Kier molecular flexibility index (Phi) is 3.41. The number of amides is 1. The molecule has 2 aliphatic rings. The lowest BCUT2D eigenvalue weighted by Gasteiger charge is -2.37. The monoisotopic (exact) mass is 333 g/mol. The Morgan fingerprint density at radius 3 is 2.74 bits per heavy atom. The molecule has 8 heteroatoms. The SMILES string of the molecule is O=C(O)c1coc(C2CN(C(=O)Cc3csc(C4CC4)n3)C2)n1. The molecular weight excluding hydrogens is 318 g/mol. The number of carbonyl (C=O) groups is 2. The molecule has 1 saturated carbocycles. The quantitative estimate of drug-likeness (QED) is 0.897. The maximum Gasteiger partial charge on any atom is 0.357 e. The van der Waals surface area contributed by atoms with Crippen molar-refractivity contribution in [1.29, 1.82) is 0 Å². The van der Waals surface area contributed by atoms with Crippen LogP contribution in [-0.4, -0.2) is 44.9 Å². The van der Waals surface area contributed by atoms with Crippen LogP contribution >= 0.6 is 11.3 Å². The Labute approximate surface area is 136 Å². The molecule has 1 saturated heterocycles. The van der Waals surface area contributed by atoms with E-state index in [4.69, 9.17) is 9.52 Å². The number of nitrogens with zero attached hydrogens (tertiary/aromatic N) is 3. The van der Waals surface area contributed by atoms with Gasteiger partial charge in [0.25, 0.3) is 0 Å².